The molecular formula is C12H20N2O2S. The van der Waals surface area contributed by atoms with Gasteiger partial charge in [0.1, 0.15) is 0 Å². The van der Waals surface area contributed by atoms with Gasteiger partial charge in [0.05, 0.1) is 4.90 Å². The minimum Gasteiger partial charge on any atom is -0.378 e. The predicted molar refractivity (Wildman–Crippen MR) is 70.9 cm³/mol. The van der Waals surface area contributed by atoms with Gasteiger partial charge in [-0.3, -0.25) is 0 Å². The lowest BCUT2D eigenvalue weighted by atomic mass is 10.3. The number of hydrogen-bond donors (Lipinski definition) is 0. The van der Waals surface area contributed by atoms with Crippen LogP contribution in [0.15, 0.2) is 29.2 Å². The number of benzene rings is 1. The second-order valence-electron chi connectivity index (χ2n) is 3.98. The summed E-state index contributed by atoms with van der Waals surface area (Å²) in [6, 6.07) is 6.94. The Morgan fingerprint density at radius 3 is 1.82 bits per heavy atom. The lowest BCUT2D eigenvalue weighted by Gasteiger charge is -2.19. The summed E-state index contributed by atoms with van der Waals surface area (Å²) < 4.78 is 25.8. The summed E-state index contributed by atoms with van der Waals surface area (Å²) in [5.41, 5.74) is 0.989. The fraction of sp³-hybridized carbons (Fsp3) is 0.500. The first kappa shape index (κ1) is 14.0. The standard InChI is InChI=1S/C12H20N2O2S/c1-5-14(6-2)17(15,16)12-9-7-11(8-10-12)13(3)4/h7-10H,5-6H2,1-4H3. The lowest BCUT2D eigenvalue weighted by molar-refractivity contribution is 0.445. The molecule has 0 atom stereocenters. The van der Waals surface area contributed by atoms with Gasteiger partial charge in [-0.2, -0.15) is 4.31 Å². The Morgan fingerprint density at radius 2 is 1.47 bits per heavy atom. The third-order valence-corrected chi connectivity index (χ3v) is 4.76. The largest absolute Gasteiger partial charge is 0.378 e. The zero-order valence-corrected chi connectivity index (χ0v) is 11.7. The first-order valence-electron chi connectivity index (χ1n) is 5.71. The molecule has 0 saturated carbocycles. The summed E-state index contributed by atoms with van der Waals surface area (Å²) in [5.74, 6) is 0. The van der Waals surface area contributed by atoms with Gasteiger partial charge in [-0.25, -0.2) is 8.42 Å². The van der Waals surface area contributed by atoms with Gasteiger partial charge in [-0.05, 0) is 24.3 Å². The quantitative estimate of drug-likeness (QED) is 0.806. The van der Waals surface area contributed by atoms with Gasteiger partial charge >= 0.3 is 0 Å². The Labute approximate surface area is 104 Å². The van der Waals surface area contributed by atoms with Crippen molar-refractivity contribution in [3.8, 4) is 0 Å². The maximum Gasteiger partial charge on any atom is 0.243 e. The molecule has 0 unspecified atom stereocenters. The average Bonchev–Trinajstić information content (AvgIpc) is 2.30. The number of hydrogen-bond acceptors (Lipinski definition) is 3. The molecule has 0 heterocycles. The highest BCUT2D eigenvalue weighted by atomic mass is 32.2. The molecule has 0 fully saturated rings. The second-order valence-corrected chi connectivity index (χ2v) is 5.92. The number of nitrogens with zero attached hydrogens (tertiary/aromatic N) is 2. The van der Waals surface area contributed by atoms with Gasteiger partial charge in [-0.1, -0.05) is 13.8 Å². The molecule has 0 amide bonds. The van der Waals surface area contributed by atoms with Crippen LogP contribution in [0.2, 0.25) is 0 Å². The first-order valence-corrected chi connectivity index (χ1v) is 7.15. The molecule has 0 aliphatic heterocycles. The smallest absolute Gasteiger partial charge is 0.243 e. The first-order chi connectivity index (χ1) is 7.93. The van der Waals surface area contributed by atoms with Gasteiger partial charge in [-0.15, -0.1) is 0 Å². The molecule has 1 aromatic carbocycles. The third-order valence-electron chi connectivity index (χ3n) is 2.70. The monoisotopic (exact) mass is 256 g/mol. The summed E-state index contributed by atoms with van der Waals surface area (Å²) in [6.07, 6.45) is 0. The van der Waals surface area contributed by atoms with Crippen molar-refractivity contribution in [3.63, 3.8) is 0 Å². The van der Waals surface area contributed by atoms with Gasteiger partial charge in [0, 0.05) is 32.9 Å². The van der Waals surface area contributed by atoms with Crippen LogP contribution in [0.25, 0.3) is 0 Å². The highest BCUT2D eigenvalue weighted by Crippen LogP contribution is 2.19. The van der Waals surface area contributed by atoms with Gasteiger partial charge in [0.25, 0.3) is 0 Å². The molecule has 96 valence electrons. The molecular weight excluding hydrogens is 236 g/mol. The summed E-state index contributed by atoms with van der Waals surface area (Å²) in [6.45, 7) is 4.67. The van der Waals surface area contributed by atoms with E-state index in [4.69, 9.17) is 0 Å². The highest BCUT2D eigenvalue weighted by molar-refractivity contribution is 7.89. The maximum absolute atomic E-state index is 12.2. The fourth-order valence-corrected chi connectivity index (χ4v) is 3.09. The Kier molecular flexibility index (Phi) is 4.54. The molecule has 0 N–H and O–H groups in total. The molecule has 1 aromatic rings. The summed E-state index contributed by atoms with van der Waals surface area (Å²) in [4.78, 5) is 2.29. The van der Waals surface area contributed by atoms with Crippen LogP contribution in [-0.2, 0) is 10.0 Å². The molecule has 0 bridgehead atoms. The second kappa shape index (κ2) is 5.51. The Hall–Kier alpha value is -1.07. The number of anilines is 1. The van der Waals surface area contributed by atoms with E-state index in [2.05, 4.69) is 0 Å². The van der Waals surface area contributed by atoms with Crippen LogP contribution < -0.4 is 4.90 Å². The van der Waals surface area contributed by atoms with Crippen LogP contribution in [0.5, 0.6) is 0 Å². The van der Waals surface area contributed by atoms with E-state index >= 15 is 0 Å². The van der Waals surface area contributed by atoms with Crippen molar-refractivity contribution in [2.24, 2.45) is 0 Å². The van der Waals surface area contributed by atoms with E-state index in [0.717, 1.165) is 5.69 Å². The zero-order valence-electron chi connectivity index (χ0n) is 10.8. The Morgan fingerprint density at radius 1 is 1.00 bits per heavy atom. The van der Waals surface area contributed by atoms with Crippen LogP contribution >= 0.6 is 0 Å². The maximum atomic E-state index is 12.2. The molecule has 0 radical (unpaired) electrons. The molecule has 17 heavy (non-hydrogen) atoms. The van der Waals surface area contributed by atoms with E-state index in [-0.39, 0.29) is 0 Å². The van der Waals surface area contributed by atoms with Crippen LogP contribution in [0.1, 0.15) is 13.8 Å². The molecule has 0 aromatic heterocycles. The third kappa shape index (κ3) is 2.98. The van der Waals surface area contributed by atoms with Gasteiger partial charge in [0.15, 0.2) is 0 Å². The number of rotatable bonds is 5. The minimum atomic E-state index is -3.33. The summed E-state index contributed by atoms with van der Waals surface area (Å²) in [5, 5.41) is 0. The van der Waals surface area contributed by atoms with E-state index in [9.17, 15) is 8.42 Å². The highest BCUT2D eigenvalue weighted by Gasteiger charge is 2.21. The van der Waals surface area contributed by atoms with Crippen LogP contribution in [-0.4, -0.2) is 39.9 Å². The van der Waals surface area contributed by atoms with Crippen molar-refractivity contribution in [2.45, 2.75) is 18.7 Å². The zero-order chi connectivity index (χ0) is 13.1. The molecule has 1 rings (SSSR count). The molecule has 0 saturated heterocycles. The van der Waals surface area contributed by atoms with Crippen molar-refractivity contribution < 1.29 is 8.42 Å². The molecule has 5 heteroatoms. The average molecular weight is 256 g/mol. The van der Waals surface area contributed by atoms with Crippen molar-refractivity contribution >= 4 is 15.7 Å². The van der Waals surface area contributed by atoms with Gasteiger partial charge < -0.3 is 4.90 Å². The fourth-order valence-electron chi connectivity index (χ4n) is 1.63. The lowest BCUT2D eigenvalue weighted by Crippen LogP contribution is -2.30. The SMILES string of the molecule is CCN(CC)S(=O)(=O)c1ccc(N(C)C)cc1. The predicted octanol–water partition coefficient (Wildman–Crippen LogP) is 1.78. The van der Waals surface area contributed by atoms with Crippen molar-refractivity contribution in [3.05, 3.63) is 24.3 Å². The van der Waals surface area contributed by atoms with E-state index in [1.165, 1.54) is 4.31 Å². The van der Waals surface area contributed by atoms with E-state index < -0.39 is 10.0 Å². The van der Waals surface area contributed by atoms with E-state index in [1.807, 2.05) is 45.0 Å². The molecule has 0 spiro atoms. The molecule has 4 nitrogen and oxygen atoms in total. The molecule has 0 aliphatic rings. The van der Waals surface area contributed by atoms with Crippen molar-refractivity contribution in [2.75, 3.05) is 32.1 Å². The van der Waals surface area contributed by atoms with Crippen LogP contribution in [0, 0.1) is 0 Å². The van der Waals surface area contributed by atoms with E-state index in [0.29, 0.717) is 18.0 Å². The topological polar surface area (TPSA) is 40.6 Å². The summed E-state index contributed by atoms with van der Waals surface area (Å²) in [7, 11) is 0.520. The van der Waals surface area contributed by atoms with E-state index in [1.54, 1.807) is 12.1 Å². The van der Waals surface area contributed by atoms with Crippen molar-refractivity contribution in [1.29, 1.82) is 0 Å². The van der Waals surface area contributed by atoms with Crippen LogP contribution in [0.4, 0.5) is 5.69 Å². The van der Waals surface area contributed by atoms with Crippen LogP contribution in [0.3, 0.4) is 0 Å². The molecule has 0 aliphatic carbocycles. The minimum absolute atomic E-state index is 0.354. The van der Waals surface area contributed by atoms with Crippen molar-refractivity contribution in [1.82, 2.24) is 4.31 Å². The van der Waals surface area contributed by atoms with Gasteiger partial charge in [0.2, 0.25) is 10.0 Å². The normalized spacial score (nSPS) is 11.8. The Bertz CT molecular complexity index is 448. The summed E-state index contributed by atoms with van der Waals surface area (Å²) >= 11 is 0. The Balaban J connectivity index is 3.08. The number of sulfonamides is 1.